The SMILES string of the molecule is COC1C(Cl)CC1OCC1CCCCO1. The van der Waals surface area contributed by atoms with Gasteiger partial charge in [0, 0.05) is 13.7 Å². The molecular weight excluding hydrogens is 216 g/mol. The zero-order valence-corrected chi connectivity index (χ0v) is 9.91. The quantitative estimate of drug-likeness (QED) is 0.696. The van der Waals surface area contributed by atoms with E-state index in [9.17, 15) is 0 Å². The standard InChI is InChI=1S/C11H19ClO3/c1-13-11-9(12)6-10(11)15-7-8-4-2-3-5-14-8/h8-11H,2-7H2,1H3. The molecule has 0 bridgehead atoms. The Morgan fingerprint density at radius 1 is 1.40 bits per heavy atom. The third kappa shape index (κ3) is 2.84. The molecule has 1 saturated carbocycles. The Bertz CT molecular complexity index is 194. The average Bonchev–Trinajstić information content (AvgIpc) is 2.26. The first-order valence-corrected chi connectivity index (χ1v) is 6.15. The van der Waals surface area contributed by atoms with Crippen molar-refractivity contribution in [1.82, 2.24) is 0 Å². The van der Waals surface area contributed by atoms with Crippen LogP contribution in [0.3, 0.4) is 0 Å². The largest absolute Gasteiger partial charge is 0.377 e. The van der Waals surface area contributed by atoms with E-state index in [2.05, 4.69) is 0 Å². The molecule has 1 aliphatic carbocycles. The number of alkyl halides is 1. The van der Waals surface area contributed by atoms with Crippen LogP contribution >= 0.6 is 11.6 Å². The van der Waals surface area contributed by atoms with Crippen molar-refractivity contribution >= 4 is 11.6 Å². The fourth-order valence-corrected chi connectivity index (χ4v) is 2.60. The highest BCUT2D eigenvalue weighted by molar-refractivity contribution is 6.21. The lowest BCUT2D eigenvalue weighted by Crippen LogP contribution is -2.51. The third-order valence-electron chi connectivity index (χ3n) is 3.22. The van der Waals surface area contributed by atoms with Gasteiger partial charge < -0.3 is 14.2 Å². The van der Waals surface area contributed by atoms with Crippen molar-refractivity contribution in [1.29, 1.82) is 0 Å². The van der Waals surface area contributed by atoms with Gasteiger partial charge in [0.1, 0.15) is 0 Å². The van der Waals surface area contributed by atoms with E-state index in [0.717, 1.165) is 19.4 Å². The van der Waals surface area contributed by atoms with Gasteiger partial charge in [0.2, 0.25) is 0 Å². The van der Waals surface area contributed by atoms with Crippen LogP contribution in [0.5, 0.6) is 0 Å². The summed E-state index contributed by atoms with van der Waals surface area (Å²) in [7, 11) is 1.69. The van der Waals surface area contributed by atoms with Gasteiger partial charge in [0.05, 0.1) is 30.3 Å². The fourth-order valence-electron chi connectivity index (χ4n) is 2.16. The molecule has 0 aromatic carbocycles. The minimum atomic E-state index is 0.0651. The van der Waals surface area contributed by atoms with E-state index in [-0.39, 0.29) is 23.7 Å². The van der Waals surface area contributed by atoms with Gasteiger partial charge in [-0.2, -0.15) is 0 Å². The predicted octanol–water partition coefficient (Wildman–Crippen LogP) is 1.97. The van der Waals surface area contributed by atoms with Crippen molar-refractivity contribution in [2.75, 3.05) is 20.3 Å². The number of hydrogen-bond donors (Lipinski definition) is 0. The van der Waals surface area contributed by atoms with Crippen LogP contribution in [0.4, 0.5) is 0 Å². The Morgan fingerprint density at radius 3 is 2.87 bits per heavy atom. The molecule has 0 aromatic rings. The van der Waals surface area contributed by atoms with Gasteiger partial charge in [-0.25, -0.2) is 0 Å². The first kappa shape index (κ1) is 11.6. The highest BCUT2D eigenvalue weighted by Crippen LogP contribution is 2.31. The van der Waals surface area contributed by atoms with Crippen LogP contribution in [0.1, 0.15) is 25.7 Å². The van der Waals surface area contributed by atoms with Crippen LogP contribution in [-0.2, 0) is 14.2 Å². The lowest BCUT2D eigenvalue weighted by atomic mass is 9.91. The molecule has 1 saturated heterocycles. The molecule has 0 aromatic heterocycles. The van der Waals surface area contributed by atoms with Gasteiger partial charge in [-0.1, -0.05) is 0 Å². The third-order valence-corrected chi connectivity index (χ3v) is 3.65. The smallest absolute Gasteiger partial charge is 0.0997 e. The van der Waals surface area contributed by atoms with E-state index >= 15 is 0 Å². The molecule has 2 fully saturated rings. The van der Waals surface area contributed by atoms with E-state index in [1.54, 1.807) is 7.11 Å². The van der Waals surface area contributed by atoms with Crippen LogP contribution in [0.25, 0.3) is 0 Å². The number of rotatable bonds is 4. The molecule has 4 heteroatoms. The van der Waals surface area contributed by atoms with Crippen molar-refractivity contribution in [3.05, 3.63) is 0 Å². The molecule has 0 radical (unpaired) electrons. The van der Waals surface area contributed by atoms with Gasteiger partial charge in [0.25, 0.3) is 0 Å². The maximum Gasteiger partial charge on any atom is 0.0997 e. The predicted molar refractivity (Wildman–Crippen MR) is 58.4 cm³/mol. The minimum Gasteiger partial charge on any atom is -0.377 e. The second-order valence-corrected chi connectivity index (χ2v) is 4.87. The van der Waals surface area contributed by atoms with E-state index in [0.29, 0.717) is 6.61 Å². The van der Waals surface area contributed by atoms with Gasteiger partial charge in [-0.15, -0.1) is 11.6 Å². The molecule has 1 heterocycles. The van der Waals surface area contributed by atoms with Crippen molar-refractivity contribution < 1.29 is 14.2 Å². The molecule has 88 valence electrons. The second-order valence-electron chi connectivity index (χ2n) is 4.31. The van der Waals surface area contributed by atoms with Crippen LogP contribution in [0, 0.1) is 0 Å². The molecular formula is C11H19ClO3. The van der Waals surface area contributed by atoms with Crippen LogP contribution in [-0.4, -0.2) is 44.0 Å². The summed E-state index contributed by atoms with van der Waals surface area (Å²) in [4.78, 5) is 0. The van der Waals surface area contributed by atoms with Crippen molar-refractivity contribution in [3.8, 4) is 0 Å². The summed E-state index contributed by atoms with van der Waals surface area (Å²) in [6.07, 6.45) is 4.97. The Morgan fingerprint density at radius 2 is 2.27 bits per heavy atom. The van der Waals surface area contributed by atoms with E-state index in [1.807, 2.05) is 0 Å². The monoisotopic (exact) mass is 234 g/mol. The zero-order chi connectivity index (χ0) is 10.7. The van der Waals surface area contributed by atoms with E-state index in [4.69, 9.17) is 25.8 Å². The van der Waals surface area contributed by atoms with Crippen molar-refractivity contribution in [2.24, 2.45) is 0 Å². The van der Waals surface area contributed by atoms with Crippen molar-refractivity contribution in [2.45, 2.75) is 49.4 Å². The Kier molecular flexibility index (Phi) is 4.26. The summed E-state index contributed by atoms with van der Waals surface area (Å²) >= 11 is 6.00. The topological polar surface area (TPSA) is 27.7 Å². The number of methoxy groups -OCH3 is 1. The molecule has 0 N–H and O–H groups in total. The maximum atomic E-state index is 6.00. The Balaban J connectivity index is 1.65. The van der Waals surface area contributed by atoms with Gasteiger partial charge in [-0.05, 0) is 25.7 Å². The zero-order valence-electron chi connectivity index (χ0n) is 9.15. The molecule has 4 unspecified atom stereocenters. The van der Waals surface area contributed by atoms with Gasteiger partial charge in [-0.3, -0.25) is 0 Å². The number of hydrogen-bond acceptors (Lipinski definition) is 3. The first-order chi connectivity index (χ1) is 7.31. The summed E-state index contributed by atoms with van der Waals surface area (Å²) in [6.45, 7) is 1.57. The van der Waals surface area contributed by atoms with Crippen LogP contribution in [0.15, 0.2) is 0 Å². The molecule has 15 heavy (non-hydrogen) atoms. The fraction of sp³-hybridized carbons (Fsp3) is 1.00. The van der Waals surface area contributed by atoms with Crippen molar-refractivity contribution in [3.63, 3.8) is 0 Å². The van der Waals surface area contributed by atoms with Gasteiger partial charge >= 0.3 is 0 Å². The van der Waals surface area contributed by atoms with Gasteiger partial charge in [0.15, 0.2) is 0 Å². The molecule has 2 rings (SSSR count). The second kappa shape index (κ2) is 5.48. The Hall–Kier alpha value is 0.170. The molecule has 3 nitrogen and oxygen atoms in total. The molecule has 0 spiro atoms. The summed E-state index contributed by atoms with van der Waals surface area (Å²) in [6, 6.07) is 0. The van der Waals surface area contributed by atoms with E-state index in [1.165, 1.54) is 12.8 Å². The van der Waals surface area contributed by atoms with E-state index < -0.39 is 0 Å². The summed E-state index contributed by atoms with van der Waals surface area (Å²) in [5.74, 6) is 0. The first-order valence-electron chi connectivity index (χ1n) is 5.71. The number of ether oxygens (including phenoxy) is 3. The molecule has 4 atom stereocenters. The number of halogens is 1. The summed E-state index contributed by atoms with van der Waals surface area (Å²) in [5.41, 5.74) is 0. The lowest BCUT2D eigenvalue weighted by molar-refractivity contribution is -0.137. The normalized spacial score (nSPS) is 41.2. The van der Waals surface area contributed by atoms with Crippen LogP contribution < -0.4 is 0 Å². The summed E-state index contributed by atoms with van der Waals surface area (Å²) in [5, 5.41) is 0.118. The maximum absolute atomic E-state index is 6.00. The average molecular weight is 235 g/mol. The van der Waals surface area contributed by atoms with Crippen LogP contribution in [0.2, 0.25) is 0 Å². The Labute approximate surface area is 96.0 Å². The molecule has 0 amide bonds. The minimum absolute atomic E-state index is 0.0651. The summed E-state index contributed by atoms with van der Waals surface area (Å²) < 4.78 is 16.6. The highest BCUT2D eigenvalue weighted by Gasteiger charge is 2.41. The molecule has 2 aliphatic rings. The lowest BCUT2D eigenvalue weighted by Gasteiger charge is -2.40. The molecule has 1 aliphatic heterocycles. The highest BCUT2D eigenvalue weighted by atomic mass is 35.5.